The lowest BCUT2D eigenvalue weighted by atomic mass is 9.79. The lowest BCUT2D eigenvalue weighted by Crippen LogP contribution is -2.43. The molecule has 1 amide bonds. The Morgan fingerprint density at radius 2 is 2.26 bits per heavy atom. The predicted octanol–water partition coefficient (Wildman–Crippen LogP) is 2.23. The van der Waals surface area contributed by atoms with Crippen LogP contribution in [0.25, 0.3) is 0 Å². The Labute approximate surface area is 119 Å². The van der Waals surface area contributed by atoms with Gasteiger partial charge in [-0.2, -0.15) is 11.3 Å². The van der Waals surface area contributed by atoms with Crippen LogP contribution in [-0.2, 0) is 11.2 Å². The van der Waals surface area contributed by atoms with Crippen LogP contribution in [0.3, 0.4) is 0 Å². The second kappa shape index (κ2) is 5.25. The molecule has 3 heterocycles. The molecular weight excluding hydrogens is 256 g/mol. The predicted molar refractivity (Wildman–Crippen MR) is 78.4 cm³/mol. The van der Waals surface area contributed by atoms with Crippen molar-refractivity contribution in [3.63, 3.8) is 0 Å². The molecule has 0 N–H and O–H groups in total. The Hall–Kier alpha value is -0.870. The molecule has 1 spiro atoms. The summed E-state index contributed by atoms with van der Waals surface area (Å²) in [5.41, 5.74) is 1.55. The van der Waals surface area contributed by atoms with E-state index < -0.39 is 0 Å². The Kier molecular flexibility index (Phi) is 3.63. The summed E-state index contributed by atoms with van der Waals surface area (Å²) in [5.74, 6) is 0.309. The Morgan fingerprint density at radius 1 is 1.37 bits per heavy atom. The minimum atomic E-state index is 0.309. The molecule has 0 saturated carbocycles. The van der Waals surface area contributed by atoms with Gasteiger partial charge in [0, 0.05) is 25.0 Å². The molecule has 1 aromatic rings. The highest BCUT2D eigenvalue weighted by atomic mass is 32.1. The van der Waals surface area contributed by atoms with Crippen LogP contribution in [0, 0.1) is 5.41 Å². The fraction of sp³-hybridized carbons (Fsp3) is 0.667. The number of carbonyl (C=O) groups is 1. The topological polar surface area (TPSA) is 23.6 Å². The molecule has 0 bridgehead atoms. The first-order chi connectivity index (χ1) is 9.17. The molecule has 2 aliphatic heterocycles. The van der Waals surface area contributed by atoms with E-state index in [1.807, 2.05) is 5.38 Å². The number of thiophene rings is 1. The van der Waals surface area contributed by atoms with E-state index in [0.717, 1.165) is 25.2 Å². The summed E-state index contributed by atoms with van der Waals surface area (Å²) < 4.78 is 0. The summed E-state index contributed by atoms with van der Waals surface area (Å²) in [6, 6.07) is 2.06. The maximum Gasteiger partial charge on any atom is 0.227 e. The summed E-state index contributed by atoms with van der Waals surface area (Å²) in [6.45, 7) is 4.30. The number of carbonyl (C=O) groups excluding carboxylic acids is 1. The Bertz CT molecular complexity index is 445. The van der Waals surface area contributed by atoms with Gasteiger partial charge in [-0.25, -0.2) is 0 Å². The quantitative estimate of drug-likeness (QED) is 0.828. The molecule has 0 aliphatic carbocycles. The van der Waals surface area contributed by atoms with Gasteiger partial charge in [0.15, 0.2) is 0 Å². The Morgan fingerprint density at radius 3 is 3.00 bits per heavy atom. The van der Waals surface area contributed by atoms with E-state index in [4.69, 9.17) is 0 Å². The molecule has 3 rings (SSSR count). The van der Waals surface area contributed by atoms with Crippen molar-refractivity contribution >= 4 is 17.2 Å². The number of hydrogen-bond acceptors (Lipinski definition) is 3. The van der Waals surface area contributed by atoms with Crippen molar-refractivity contribution in [3.8, 4) is 0 Å². The third kappa shape index (κ3) is 2.84. The zero-order valence-corrected chi connectivity index (χ0v) is 12.4. The fourth-order valence-electron chi connectivity index (χ4n) is 3.62. The molecule has 2 aliphatic rings. The molecule has 3 nitrogen and oxygen atoms in total. The van der Waals surface area contributed by atoms with E-state index in [-0.39, 0.29) is 0 Å². The molecule has 2 saturated heterocycles. The summed E-state index contributed by atoms with van der Waals surface area (Å²) in [4.78, 5) is 16.9. The lowest BCUT2D eigenvalue weighted by Gasteiger charge is -2.38. The van der Waals surface area contributed by atoms with E-state index in [0.29, 0.717) is 17.7 Å². The van der Waals surface area contributed by atoms with E-state index >= 15 is 0 Å². The molecule has 4 heteroatoms. The van der Waals surface area contributed by atoms with Gasteiger partial charge in [0.1, 0.15) is 0 Å². The van der Waals surface area contributed by atoms with Crippen LogP contribution >= 0.6 is 11.3 Å². The van der Waals surface area contributed by atoms with Gasteiger partial charge in [0.2, 0.25) is 5.91 Å². The van der Waals surface area contributed by atoms with Crippen molar-refractivity contribution in [2.75, 3.05) is 33.2 Å². The standard InChI is InChI=1S/C15H22N2OS/c1-16-6-2-4-15(11-16)5-7-17(12-15)14(18)9-13-3-8-19-10-13/h3,8,10H,2,4-7,9,11-12H2,1H3/t15-/m1/s1. The Balaban J connectivity index is 1.60. The summed E-state index contributed by atoms with van der Waals surface area (Å²) in [5, 5.41) is 4.13. The normalized spacial score (nSPS) is 28.2. The zero-order valence-electron chi connectivity index (χ0n) is 11.6. The fourth-order valence-corrected chi connectivity index (χ4v) is 4.28. The van der Waals surface area contributed by atoms with Crippen LogP contribution in [0.5, 0.6) is 0 Å². The lowest BCUT2D eigenvalue weighted by molar-refractivity contribution is -0.130. The van der Waals surface area contributed by atoms with E-state index in [1.165, 1.54) is 25.8 Å². The molecule has 0 aromatic carbocycles. The molecule has 19 heavy (non-hydrogen) atoms. The van der Waals surface area contributed by atoms with Crippen LogP contribution in [-0.4, -0.2) is 48.9 Å². The summed E-state index contributed by atoms with van der Waals surface area (Å²) in [7, 11) is 2.21. The maximum absolute atomic E-state index is 12.3. The van der Waals surface area contributed by atoms with Crippen molar-refractivity contribution in [2.45, 2.75) is 25.7 Å². The van der Waals surface area contributed by atoms with Crippen LogP contribution < -0.4 is 0 Å². The number of amides is 1. The first-order valence-corrected chi connectivity index (χ1v) is 8.09. The van der Waals surface area contributed by atoms with Crippen molar-refractivity contribution in [1.29, 1.82) is 0 Å². The molecule has 104 valence electrons. The zero-order chi connectivity index (χ0) is 13.3. The maximum atomic E-state index is 12.3. The van der Waals surface area contributed by atoms with E-state index in [9.17, 15) is 4.79 Å². The molecule has 1 atom stereocenters. The van der Waals surface area contributed by atoms with Gasteiger partial charge < -0.3 is 9.80 Å². The average molecular weight is 278 g/mol. The van der Waals surface area contributed by atoms with Crippen molar-refractivity contribution < 1.29 is 4.79 Å². The van der Waals surface area contributed by atoms with Crippen molar-refractivity contribution in [2.24, 2.45) is 5.41 Å². The molecule has 0 unspecified atom stereocenters. The second-order valence-electron chi connectivity index (χ2n) is 6.22. The summed E-state index contributed by atoms with van der Waals surface area (Å²) in [6.07, 6.45) is 4.34. The van der Waals surface area contributed by atoms with Crippen LogP contribution in [0.2, 0.25) is 0 Å². The highest BCUT2D eigenvalue weighted by Gasteiger charge is 2.41. The number of piperidine rings is 1. The minimum Gasteiger partial charge on any atom is -0.342 e. The van der Waals surface area contributed by atoms with E-state index in [2.05, 4.69) is 28.3 Å². The minimum absolute atomic E-state index is 0.309. The van der Waals surface area contributed by atoms with Crippen LogP contribution in [0.15, 0.2) is 16.8 Å². The van der Waals surface area contributed by atoms with Crippen molar-refractivity contribution in [3.05, 3.63) is 22.4 Å². The van der Waals surface area contributed by atoms with Gasteiger partial charge in [0.25, 0.3) is 0 Å². The van der Waals surface area contributed by atoms with Crippen LogP contribution in [0.1, 0.15) is 24.8 Å². The number of likely N-dealkylation sites (tertiary alicyclic amines) is 2. The smallest absolute Gasteiger partial charge is 0.227 e. The second-order valence-corrected chi connectivity index (χ2v) is 7.00. The van der Waals surface area contributed by atoms with Gasteiger partial charge in [0.05, 0.1) is 6.42 Å². The highest BCUT2D eigenvalue weighted by Crippen LogP contribution is 2.38. The third-order valence-electron chi connectivity index (χ3n) is 4.58. The number of nitrogens with zero attached hydrogens (tertiary/aromatic N) is 2. The largest absolute Gasteiger partial charge is 0.342 e. The van der Waals surface area contributed by atoms with Crippen LogP contribution in [0.4, 0.5) is 0 Å². The van der Waals surface area contributed by atoms with Gasteiger partial charge in [-0.05, 0) is 55.2 Å². The highest BCUT2D eigenvalue weighted by molar-refractivity contribution is 7.07. The van der Waals surface area contributed by atoms with E-state index in [1.54, 1.807) is 11.3 Å². The summed E-state index contributed by atoms with van der Waals surface area (Å²) >= 11 is 1.67. The van der Waals surface area contributed by atoms with Gasteiger partial charge in [-0.15, -0.1) is 0 Å². The number of rotatable bonds is 2. The van der Waals surface area contributed by atoms with Crippen molar-refractivity contribution in [1.82, 2.24) is 9.80 Å². The van der Waals surface area contributed by atoms with Gasteiger partial charge in [-0.1, -0.05) is 0 Å². The monoisotopic (exact) mass is 278 g/mol. The first kappa shape index (κ1) is 13.1. The average Bonchev–Trinajstić information content (AvgIpc) is 2.99. The molecule has 2 fully saturated rings. The molecule has 1 aromatic heterocycles. The first-order valence-electron chi connectivity index (χ1n) is 7.14. The molecular formula is C15H22N2OS. The molecule has 0 radical (unpaired) electrons. The van der Waals surface area contributed by atoms with Gasteiger partial charge >= 0.3 is 0 Å². The third-order valence-corrected chi connectivity index (χ3v) is 5.31. The number of hydrogen-bond donors (Lipinski definition) is 0. The SMILES string of the molecule is CN1CCC[C@@]2(CCN(C(=O)Cc3ccsc3)C2)C1. The van der Waals surface area contributed by atoms with Gasteiger partial charge in [-0.3, -0.25) is 4.79 Å².